The fourth-order valence-corrected chi connectivity index (χ4v) is 3.26. The minimum Gasteiger partial charge on any atom is -0.493 e. The molecule has 0 radical (unpaired) electrons. The van der Waals surface area contributed by atoms with Crippen molar-refractivity contribution in [1.29, 1.82) is 0 Å². The zero-order valence-corrected chi connectivity index (χ0v) is 14.2. The van der Waals surface area contributed by atoms with Crippen LogP contribution in [0.15, 0.2) is 58.8 Å². The van der Waals surface area contributed by atoms with Crippen LogP contribution in [-0.4, -0.2) is 15.0 Å². The van der Waals surface area contributed by atoms with Crippen molar-refractivity contribution in [1.82, 2.24) is 0 Å². The fraction of sp³-hybridized carbons (Fsp3) is 0.125. The van der Waals surface area contributed by atoms with Gasteiger partial charge in [-0.05, 0) is 48.6 Å². The molecule has 0 saturated heterocycles. The van der Waals surface area contributed by atoms with Gasteiger partial charge in [-0.25, -0.2) is 13.6 Å². The third-order valence-electron chi connectivity index (χ3n) is 2.90. The van der Waals surface area contributed by atoms with E-state index in [1.165, 1.54) is 18.0 Å². The topological polar surface area (TPSA) is 81.4 Å². The fourth-order valence-electron chi connectivity index (χ4n) is 1.91. The molecule has 122 valence electrons. The summed E-state index contributed by atoms with van der Waals surface area (Å²) in [5.74, 6) is 0.803. The lowest BCUT2D eigenvalue weighted by molar-refractivity contribution is 0.339. The number of hydrogen-bond acceptors (Lipinski definition) is 5. The zero-order valence-electron chi connectivity index (χ0n) is 12.6. The molecule has 2 aromatic carbocycles. The Kier molecular flexibility index (Phi) is 6.09. The molecule has 2 rings (SSSR count). The van der Waals surface area contributed by atoms with Gasteiger partial charge in [-0.2, -0.15) is 0 Å². The van der Waals surface area contributed by atoms with E-state index in [1.807, 2.05) is 42.7 Å². The summed E-state index contributed by atoms with van der Waals surface area (Å²) in [5, 5.41) is 7.01. The molecule has 5 nitrogen and oxygen atoms in total. The zero-order chi connectivity index (χ0) is 16.7. The molecule has 0 saturated carbocycles. The molecule has 0 heterocycles. The SMILES string of the molecule is CCOc1ccccc1/C=C/SNc1ccccc1S(N)(=O)=O. The monoisotopic (exact) mass is 350 g/mol. The van der Waals surface area contributed by atoms with Crippen LogP contribution in [0.25, 0.3) is 6.08 Å². The number of nitrogens with two attached hydrogens (primary N) is 1. The van der Waals surface area contributed by atoms with E-state index in [0.717, 1.165) is 11.3 Å². The van der Waals surface area contributed by atoms with Crippen molar-refractivity contribution < 1.29 is 13.2 Å². The first kappa shape index (κ1) is 17.4. The number of benzene rings is 2. The highest BCUT2D eigenvalue weighted by atomic mass is 32.2. The van der Waals surface area contributed by atoms with Gasteiger partial charge in [-0.15, -0.1) is 0 Å². The second-order valence-corrected chi connectivity index (χ2v) is 6.78. The third-order valence-corrected chi connectivity index (χ3v) is 4.48. The molecular formula is C16H18N2O3S2. The number of ether oxygens (including phenoxy) is 1. The van der Waals surface area contributed by atoms with Crippen molar-refractivity contribution in [2.45, 2.75) is 11.8 Å². The van der Waals surface area contributed by atoms with Crippen molar-refractivity contribution in [3.05, 3.63) is 59.5 Å². The van der Waals surface area contributed by atoms with Crippen LogP contribution in [0, 0.1) is 0 Å². The van der Waals surface area contributed by atoms with Gasteiger partial charge < -0.3 is 9.46 Å². The smallest absolute Gasteiger partial charge is 0.240 e. The predicted molar refractivity (Wildman–Crippen MR) is 95.7 cm³/mol. The predicted octanol–water partition coefficient (Wildman–Crippen LogP) is 3.46. The van der Waals surface area contributed by atoms with Crippen LogP contribution < -0.4 is 14.6 Å². The first-order chi connectivity index (χ1) is 11.0. The second kappa shape index (κ2) is 8.05. The van der Waals surface area contributed by atoms with Crippen molar-refractivity contribution in [2.75, 3.05) is 11.3 Å². The molecule has 2 aromatic rings. The lowest BCUT2D eigenvalue weighted by Crippen LogP contribution is -2.13. The van der Waals surface area contributed by atoms with Crippen LogP contribution in [0.3, 0.4) is 0 Å². The number of anilines is 1. The Labute approximate surface area is 140 Å². The highest BCUT2D eigenvalue weighted by molar-refractivity contribution is 8.03. The van der Waals surface area contributed by atoms with Gasteiger partial charge in [0.1, 0.15) is 10.6 Å². The van der Waals surface area contributed by atoms with E-state index in [1.54, 1.807) is 18.2 Å². The normalized spacial score (nSPS) is 11.6. The standard InChI is InChI=1S/C16H18N2O3S2/c1-2-21-15-9-5-3-7-13(15)11-12-22-18-14-8-4-6-10-16(14)23(17,19)20/h3-12,18H,2H2,1H3,(H2,17,19,20)/b12-11+. The van der Waals surface area contributed by atoms with Crippen molar-refractivity contribution in [2.24, 2.45) is 5.14 Å². The maximum absolute atomic E-state index is 11.5. The lowest BCUT2D eigenvalue weighted by atomic mass is 10.2. The van der Waals surface area contributed by atoms with Gasteiger partial charge in [0.15, 0.2) is 0 Å². The van der Waals surface area contributed by atoms with Crippen LogP contribution in [0.1, 0.15) is 12.5 Å². The molecule has 0 bridgehead atoms. The van der Waals surface area contributed by atoms with Crippen LogP contribution >= 0.6 is 11.9 Å². The molecule has 7 heteroatoms. The Morgan fingerprint density at radius 1 is 1.17 bits per heavy atom. The van der Waals surface area contributed by atoms with E-state index in [9.17, 15) is 8.42 Å². The Bertz CT molecular complexity index is 789. The van der Waals surface area contributed by atoms with Gasteiger partial charge in [0.2, 0.25) is 10.0 Å². The number of rotatable bonds is 7. The summed E-state index contributed by atoms with van der Waals surface area (Å²) in [7, 11) is -3.76. The Balaban J connectivity index is 2.06. The van der Waals surface area contributed by atoms with E-state index in [-0.39, 0.29) is 4.90 Å². The molecule has 0 aliphatic heterocycles. The van der Waals surface area contributed by atoms with E-state index < -0.39 is 10.0 Å². The average molecular weight is 350 g/mol. The van der Waals surface area contributed by atoms with Gasteiger partial charge in [0.25, 0.3) is 0 Å². The number of primary sulfonamides is 1. The molecular weight excluding hydrogens is 332 g/mol. The molecule has 0 spiro atoms. The number of hydrogen-bond donors (Lipinski definition) is 2. The van der Waals surface area contributed by atoms with Crippen LogP contribution in [0.2, 0.25) is 0 Å². The van der Waals surface area contributed by atoms with Gasteiger partial charge >= 0.3 is 0 Å². The molecule has 3 N–H and O–H groups in total. The summed E-state index contributed by atoms with van der Waals surface area (Å²) in [6, 6.07) is 14.2. The average Bonchev–Trinajstić information content (AvgIpc) is 2.53. The van der Waals surface area contributed by atoms with E-state index in [2.05, 4.69) is 4.72 Å². The molecule has 0 aliphatic carbocycles. The summed E-state index contributed by atoms with van der Waals surface area (Å²) in [5.41, 5.74) is 1.39. The number of para-hydroxylation sites is 2. The summed E-state index contributed by atoms with van der Waals surface area (Å²) in [6.07, 6.45) is 1.89. The molecule has 0 amide bonds. The highest BCUT2D eigenvalue weighted by Crippen LogP contribution is 2.24. The highest BCUT2D eigenvalue weighted by Gasteiger charge is 2.12. The van der Waals surface area contributed by atoms with E-state index in [0.29, 0.717) is 12.3 Å². The van der Waals surface area contributed by atoms with Crippen LogP contribution in [0.5, 0.6) is 5.75 Å². The first-order valence-corrected chi connectivity index (χ1v) is 9.37. The number of sulfonamides is 1. The van der Waals surface area contributed by atoms with Crippen LogP contribution in [0.4, 0.5) is 5.69 Å². The summed E-state index contributed by atoms with van der Waals surface area (Å²) in [6.45, 7) is 2.53. The summed E-state index contributed by atoms with van der Waals surface area (Å²) >= 11 is 1.25. The molecule has 0 atom stereocenters. The largest absolute Gasteiger partial charge is 0.493 e. The quantitative estimate of drug-likeness (QED) is 0.747. The molecule has 0 aromatic heterocycles. The molecule has 0 unspecified atom stereocenters. The number of nitrogens with one attached hydrogen (secondary N) is 1. The van der Waals surface area contributed by atoms with Crippen molar-refractivity contribution in [3.63, 3.8) is 0 Å². The maximum atomic E-state index is 11.5. The van der Waals surface area contributed by atoms with Crippen LogP contribution in [-0.2, 0) is 10.0 Å². The van der Waals surface area contributed by atoms with Gasteiger partial charge in [0.05, 0.1) is 12.3 Å². The van der Waals surface area contributed by atoms with Crippen molar-refractivity contribution in [3.8, 4) is 5.75 Å². The molecule has 0 fully saturated rings. The van der Waals surface area contributed by atoms with Gasteiger partial charge in [-0.1, -0.05) is 30.3 Å². The first-order valence-electron chi connectivity index (χ1n) is 6.94. The third kappa shape index (κ3) is 5.02. The maximum Gasteiger partial charge on any atom is 0.240 e. The summed E-state index contributed by atoms with van der Waals surface area (Å²) < 4.78 is 31.5. The van der Waals surface area contributed by atoms with Crippen molar-refractivity contribution >= 4 is 33.7 Å². The minimum absolute atomic E-state index is 0.0654. The van der Waals surface area contributed by atoms with Gasteiger partial charge in [0, 0.05) is 5.56 Å². The Hall–Kier alpha value is -1.96. The van der Waals surface area contributed by atoms with E-state index >= 15 is 0 Å². The molecule has 23 heavy (non-hydrogen) atoms. The Morgan fingerprint density at radius 3 is 2.61 bits per heavy atom. The summed E-state index contributed by atoms with van der Waals surface area (Å²) in [4.78, 5) is 0.0654. The minimum atomic E-state index is -3.76. The van der Waals surface area contributed by atoms with E-state index in [4.69, 9.17) is 9.88 Å². The second-order valence-electron chi connectivity index (χ2n) is 4.53. The Morgan fingerprint density at radius 2 is 1.87 bits per heavy atom. The molecule has 0 aliphatic rings. The lowest BCUT2D eigenvalue weighted by Gasteiger charge is -2.08. The van der Waals surface area contributed by atoms with Gasteiger partial charge in [-0.3, -0.25) is 0 Å².